The number of nitrogens with one attached hydrogen (secondary N) is 1. The average Bonchev–Trinajstić information content (AvgIpc) is 2.71. The molecule has 2 N–H and O–H groups in total. The van der Waals surface area contributed by atoms with Gasteiger partial charge >= 0.3 is 0 Å². The maximum Gasteiger partial charge on any atom is 0.220 e. The fraction of sp³-hybridized carbons (Fsp3) is 0.615. The van der Waals surface area contributed by atoms with Crippen LogP contribution in [0.5, 0.6) is 0 Å². The summed E-state index contributed by atoms with van der Waals surface area (Å²) in [6.07, 6.45) is 2.36. The van der Waals surface area contributed by atoms with Crippen molar-refractivity contribution in [2.75, 3.05) is 6.54 Å². The molecule has 1 aromatic rings. The maximum absolute atomic E-state index is 11.4. The molecule has 0 spiro atoms. The zero-order valence-corrected chi connectivity index (χ0v) is 10.7. The van der Waals surface area contributed by atoms with E-state index in [2.05, 4.69) is 5.32 Å². The lowest BCUT2D eigenvalue weighted by atomic mass is 10.0. The van der Waals surface area contributed by atoms with Gasteiger partial charge in [0, 0.05) is 6.42 Å². The van der Waals surface area contributed by atoms with Crippen LogP contribution in [-0.2, 0) is 10.4 Å². The van der Waals surface area contributed by atoms with Gasteiger partial charge in [0.15, 0.2) is 0 Å². The second-order valence-corrected chi connectivity index (χ2v) is 4.56. The number of unbranched alkanes of at least 4 members (excludes halogenated alkanes) is 1. The van der Waals surface area contributed by atoms with Crippen LogP contribution in [0, 0.1) is 6.92 Å². The molecule has 0 saturated carbocycles. The zero-order valence-electron chi connectivity index (χ0n) is 10.7. The highest BCUT2D eigenvalue weighted by atomic mass is 16.4. The zero-order chi connectivity index (χ0) is 12.9. The quantitative estimate of drug-likeness (QED) is 0.799. The lowest BCUT2D eigenvalue weighted by Gasteiger charge is -2.21. The number of aryl methyl sites for hydroxylation is 1. The van der Waals surface area contributed by atoms with E-state index in [9.17, 15) is 9.90 Å². The second kappa shape index (κ2) is 5.87. The van der Waals surface area contributed by atoms with Crippen LogP contribution in [-0.4, -0.2) is 17.6 Å². The molecule has 0 aliphatic rings. The van der Waals surface area contributed by atoms with Gasteiger partial charge in [0.1, 0.15) is 17.1 Å². The highest BCUT2D eigenvalue weighted by molar-refractivity contribution is 5.75. The van der Waals surface area contributed by atoms with Crippen molar-refractivity contribution in [3.63, 3.8) is 0 Å². The molecular formula is C13H21NO3. The molecule has 1 heterocycles. The summed E-state index contributed by atoms with van der Waals surface area (Å²) in [5, 5.41) is 12.9. The largest absolute Gasteiger partial charge is 0.463 e. The van der Waals surface area contributed by atoms with Gasteiger partial charge in [-0.3, -0.25) is 4.79 Å². The number of hydrogen-bond donors (Lipinski definition) is 2. The number of aliphatic hydroxyl groups is 1. The van der Waals surface area contributed by atoms with Crippen molar-refractivity contribution in [3.8, 4) is 0 Å². The van der Waals surface area contributed by atoms with Crippen molar-refractivity contribution in [3.05, 3.63) is 23.7 Å². The van der Waals surface area contributed by atoms with Gasteiger partial charge in [0.2, 0.25) is 5.91 Å². The monoisotopic (exact) mass is 239 g/mol. The number of rotatable bonds is 6. The van der Waals surface area contributed by atoms with Gasteiger partial charge < -0.3 is 14.8 Å². The Labute approximate surface area is 102 Å². The van der Waals surface area contributed by atoms with E-state index in [1.165, 1.54) is 0 Å². The first-order valence-corrected chi connectivity index (χ1v) is 6.01. The molecule has 1 rings (SSSR count). The fourth-order valence-electron chi connectivity index (χ4n) is 1.51. The van der Waals surface area contributed by atoms with Crippen LogP contribution in [0.15, 0.2) is 16.5 Å². The summed E-state index contributed by atoms with van der Waals surface area (Å²) < 4.78 is 5.36. The molecule has 0 radical (unpaired) electrons. The van der Waals surface area contributed by atoms with Gasteiger partial charge in [-0.2, -0.15) is 0 Å². The first-order chi connectivity index (χ1) is 7.95. The molecule has 17 heavy (non-hydrogen) atoms. The van der Waals surface area contributed by atoms with Crippen LogP contribution < -0.4 is 5.32 Å². The van der Waals surface area contributed by atoms with E-state index in [0.717, 1.165) is 18.6 Å². The van der Waals surface area contributed by atoms with E-state index < -0.39 is 5.60 Å². The average molecular weight is 239 g/mol. The van der Waals surface area contributed by atoms with Gasteiger partial charge in [-0.15, -0.1) is 0 Å². The first-order valence-electron chi connectivity index (χ1n) is 6.01. The maximum atomic E-state index is 11.4. The Morgan fingerprint density at radius 2 is 2.24 bits per heavy atom. The summed E-state index contributed by atoms with van der Waals surface area (Å²) in [4.78, 5) is 11.4. The molecular weight excluding hydrogens is 218 g/mol. The Kier molecular flexibility index (Phi) is 4.75. The topological polar surface area (TPSA) is 62.5 Å². The van der Waals surface area contributed by atoms with Gasteiger partial charge in [0.25, 0.3) is 0 Å². The molecule has 1 amide bonds. The smallest absolute Gasteiger partial charge is 0.220 e. The molecule has 0 bridgehead atoms. The van der Waals surface area contributed by atoms with E-state index in [4.69, 9.17) is 4.42 Å². The van der Waals surface area contributed by atoms with Gasteiger partial charge in [-0.25, -0.2) is 0 Å². The number of amides is 1. The Morgan fingerprint density at radius 1 is 1.53 bits per heavy atom. The van der Waals surface area contributed by atoms with Crippen molar-refractivity contribution in [1.82, 2.24) is 5.32 Å². The molecule has 0 aliphatic carbocycles. The minimum atomic E-state index is -1.16. The van der Waals surface area contributed by atoms with E-state index in [-0.39, 0.29) is 12.5 Å². The summed E-state index contributed by atoms with van der Waals surface area (Å²) in [6.45, 7) is 5.66. The number of carbonyl (C=O) groups excluding carboxylic acids is 1. The molecule has 4 nitrogen and oxygen atoms in total. The minimum absolute atomic E-state index is 0.0320. The SMILES string of the molecule is CCCCC(=O)NCC(C)(O)c1ccc(C)o1. The highest BCUT2D eigenvalue weighted by Gasteiger charge is 2.27. The molecule has 1 unspecified atom stereocenters. The van der Waals surface area contributed by atoms with Gasteiger partial charge in [-0.05, 0) is 32.4 Å². The molecule has 0 saturated heterocycles. The standard InChI is InChI=1S/C13H21NO3/c1-4-5-6-12(15)14-9-13(3,16)11-8-7-10(2)17-11/h7-8,16H,4-6,9H2,1-3H3,(H,14,15). The van der Waals surface area contributed by atoms with Gasteiger partial charge in [-0.1, -0.05) is 13.3 Å². The van der Waals surface area contributed by atoms with Crippen molar-refractivity contribution in [2.24, 2.45) is 0 Å². The summed E-state index contributed by atoms with van der Waals surface area (Å²) in [5.74, 6) is 1.19. The minimum Gasteiger partial charge on any atom is -0.463 e. The summed E-state index contributed by atoms with van der Waals surface area (Å²) in [7, 11) is 0. The molecule has 1 aromatic heterocycles. The third-order valence-electron chi connectivity index (χ3n) is 2.66. The van der Waals surface area contributed by atoms with Crippen molar-refractivity contribution in [2.45, 2.75) is 45.6 Å². The number of carbonyl (C=O) groups is 1. The predicted molar refractivity (Wildman–Crippen MR) is 65.6 cm³/mol. The third-order valence-corrected chi connectivity index (χ3v) is 2.66. The van der Waals surface area contributed by atoms with Crippen LogP contribution in [0.25, 0.3) is 0 Å². The summed E-state index contributed by atoms with van der Waals surface area (Å²) in [6, 6.07) is 3.52. The van der Waals surface area contributed by atoms with Crippen LogP contribution in [0.3, 0.4) is 0 Å². The fourth-order valence-corrected chi connectivity index (χ4v) is 1.51. The molecule has 0 aliphatic heterocycles. The predicted octanol–water partition coefficient (Wildman–Crippen LogP) is 2.10. The van der Waals surface area contributed by atoms with E-state index in [0.29, 0.717) is 12.2 Å². The van der Waals surface area contributed by atoms with Crippen LogP contribution in [0.1, 0.15) is 44.6 Å². The Hall–Kier alpha value is -1.29. The molecule has 0 fully saturated rings. The first kappa shape index (κ1) is 13.8. The Bertz CT molecular complexity index is 368. The number of hydrogen-bond acceptors (Lipinski definition) is 3. The molecule has 1 atom stereocenters. The van der Waals surface area contributed by atoms with Crippen molar-refractivity contribution >= 4 is 5.91 Å². The number of furan rings is 1. The highest BCUT2D eigenvalue weighted by Crippen LogP contribution is 2.21. The van der Waals surface area contributed by atoms with E-state index >= 15 is 0 Å². The second-order valence-electron chi connectivity index (χ2n) is 4.56. The lowest BCUT2D eigenvalue weighted by molar-refractivity contribution is -0.122. The third kappa shape index (κ3) is 4.23. The molecule has 96 valence electrons. The van der Waals surface area contributed by atoms with Crippen LogP contribution in [0.4, 0.5) is 0 Å². The summed E-state index contributed by atoms with van der Waals surface area (Å²) >= 11 is 0. The Morgan fingerprint density at radius 3 is 2.76 bits per heavy atom. The van der Waals surface area contributed by atoms with E-state index in [1.54, 1.807) is 19.1 Å². The molecule has 4 heteroatoms. The van der Waals surface area contributed by atoms with Crippen LogP contribution >= 0.6 is 0 Å². The lowest BCUT2D eigenvalue weighted by Crippen LogP contribution is -2.38. The summed E-state index contributed by atoms with van der Waals surface area (Å²) in [5.41, 5.74) is -1.16. The normalized spacial score (nSPS) is 14.4. The van der Waals surface area contributed by atoms with Crippen molar-refractivity contribution < 1.29 is 14.3 Å². The van der Waals surface area contributed by atoms with Gasteiger partial charge in [0.05, 0.1) is 6.54 Å². The van der Waals surface area contributed by atoms with Crippen LogP contribution in [0.2, 0.25) is 0 Å². The molecule has 0 aromatic carbocycles. The van der Waals surface area contributed by atoms with E-state index in [1.807, 2.05) is 13.8 Å². The van der Waals surface area contributed by atoms with Crippen molar-refractivity contribution in [1.29, 1.82) is 0 Å². The Balaban J connectivity index is 2.47.